The number of rotatable bonds is 3. The van der Waals surface area contributed by atoms with E-state index in [4.69, 9.17) is 10.9 Å². The maximum Gasteiger partial charge on any atom is 0.255 e. The Bertz CT molecular complexity index is 702. The molecule has 0 fully saturated rings. The summed E-state index contributed by atoms with van der Waals surface area (Å²) in [5.41, 5.74) is 6.11. The molecule has 0 aromatic heterocycles. The lowest BCUT2D eigenvalue weighted by atomic mass is 10.1. The van der Waals surface area contributed by atoms with Crippen molar-refractivity contribution in [1.82, 2.24) is 0 Å². The SMILES string of the molecule is NC(=NO)c1cc(NC(=O)c2ccc(I)cc2)ccc1F. The van der Waals surface area contributed by atoms with Crippen LogP contribution in [0.2, 0.25) is 0 Å². The van der Waals surface area contributed by atoms with Gasteiger partial charge in [-0.25, -0.2) is 4.39 Å². The molecule has 0 bridgehead atoms. The van der Waals surface area contributed by atoms with Gasteiger partial charge >= 0.3 is 0 Å². The minimum Gasteiger partial charge on any atom is -0.409 e. The van der Waals surface area contributed by atoms with E-state index in [1.807, 2.05) is 12.1 Å². The number of anilines is 1. The van der Waals surface area contributed by atoms with Crippen LogP contribution in [-0.2, 0) is 0 Å². The van der Waals surface area contributed by atoms with Gasteiger partial charge in [0.05, 0.1) is 5.56 Å². The van der Waals surface area contributed by atoms with Gasteiger partial charge in [0.15, 0.2) is 5.84 Å². The number of hydrogen-bond acceptors (Lipinski definition) is 3. The molecule has 0 aliphatic heterocycles. The maximum absolute atomic E-state index is 13.5. The Balaban J connectivity index is 2.23. The second kappa shape index (κ2) is 6.53. The molecule has 0 saturated carbocycles. The molecule has 2 rings (SSSR count). The van der Waals surface area contributed by atoms with Crippen LogP contribution < -0.4 is 11.1 Å². The van der Waals surface area contributed by atoms with Gasteiger partial charge in [-0.1, -0.05) is 5.16 Å². The zero-order chi connectivity index (χ0) is 15.4. The van der Waals surface area contributed by atoms with E-state index in [2.05, 4.69) is 33.1 Å². The number of nitrogens with one attached hydrogen (secondary N) is 1. The Kier molecular flexibility index (Phi) is 4.73. The highest BCUT2D eigenvalue weighted by Gasteiger charge is 2.11. The normalized spacial score (nSPS) is 11.2. The molecular formula is C14H11FIN3O2. The van der Waals surface area contributed by atoms with E-state index in [0.717, 1.165) is 9.64 Å². The number of hydrogen-bond donors (Lipinski definition) is 3. The van der Waals surface area contributed by atoms with Crippen LogP contribution in [0.15, 0.2) is 47.6 Å². The summed E-state index contributed by atoms with van der Waals surface area (Å²) in [6.45, 7) is 0. The molecule has 21 heavy (non-hydrogen) atoms. The summed E-state index contributed by atoms with van der Waals surface area (Å²) >= 11 is 2.14. The summed E-state index contributed by atoms with van der Waals surface area (Å²) in [5, 5.41) is 14.0. The molecule has 2 aromatic rings. The molecule has 0 heterocycles. The molecular weight excluding hydrogens is 388 g/mol. The number of nitrogens with zero attached hydrogens (tertiary/aromatic N) is 1. The van der Waals surface area contributed by atoms with Gasteiger partial charge in [0, 0.05) is 14.8 Å². The monoisotopic (exact) mass is 399 g/mol. The minimum atomic E-state index is -0.641. The third kappa shape index (κ3) is 3.69. The van der Waals surface area contributed by atoms with Crippen molar-refractivity contribution in [3.8, 4) is 0 Å². The topological polar surface area (TPSA) is 87.7 Å². The zero-order valence-corrected chi connectivity index (χ0v) is 12.8. The summed E-state index contributed by atoms with van der Waals surface area (Å²) in [6, 6.07) is 10.8. The molecule has 4 N–H and O–H groups in total. The van der Waals surface area contributed by atoms with Gasteiger partial charge in [0.1, 0.15) is 5.82 Å². The molecule has 108 valence electrons. The first-order valence-corrected chi connectivity index (χ1v) is 6.93. The Labute approximate surface area is 133 Å². The fourth-order valence-corrected chi connectivity index (χ4v) is 2.02. The first-order valence-electron chi connectivity index (χ1n) is 5.85. The second-order valence-electron chi connectivity index (χ2n) is 4.14. The number of benzene rings is 2. The molecule has 0 saturated heterocycles. The summed E-state index contributed by atoms with van der Waals surface area (Å²) in [5.74, 6) is -1.33. The minimum absolute atomic E-state index is 0.0853. The predicted octanol–water partition coefficient (Wildman–Crippen LogP) is 2.78. The standard InChI is InChI=1S/C14H11FIN3O2/c15-12-6-5-10(7-11(12)13(17)19-21)18-14(20)8-1-3-9(16)4-2-8/h1-7,21H,(H2,17,19)(H,18,20). The van der Waals surface area contributed by atoms with Crippen molar-refractivity contribution in [2.75, 3.05) is 5.32 Å². The van der Waals surface area contributed by atoms with Crippen molar-refractivity contribution in [2.45, 2.75) is 0 Å². The summed E-state index contributed by atoms with van der Waals surface area (Å²) in [4.78, 5) is 12.0. The number of oxime groups is 1. The van der Waals surface area contributed by atoms with E-state index < -0.39 is 5.82 Å². The van der Waals surface area contributed by atoms with Crippen LogP contribution in [0.4, 0.5) is 10.1 Å². The van der Waals surface area contributed by atoms with E-state index in [1.165, 1.54) is 12.1 Å². The van der Waals surface area contributed by atoms with Crippen LogP contribution in [-0.4, -0.2) is 17.0 Å². The molecule has 7 heteroatoms. The van der Waals surface area contributed by atoms with Crippen LogP contribution in [0.5, 0.6) is 0 Å². The smallest absolute Gasteiger partial charge is 0.255 e. The number of amidine groups is 1. The largest absolute Gasteiger partial charge is 0.409 e. The Hall–Kier alpha value is -2.16. The van der Waals surface area contributed by atoms with E-state index in [1.54, 1.807) is 12.1 Å². The first-order chi connectivity index (χ1) is 10.0. The van der Waals surface area contributed by atoms with E-state index in [0.29, 0.717) is 11.3 Å². The third-order valence-electron chi connectivity index (χ3n) is 2.71. The number of carbonyl (C=O) groups excluding carboxylic acids is 1. The summed E-state index contributed by atoms with van der Waals surface area (Å²) in [6.07, 6.45) is 0. The van der Waals surface area contributed by atoms with Crippen LogP contribution in [0.1, 0.15) is 15.9 Å². The van der Waals surface area contributed by atoms with E-state index in [-0.39, 0.29) is 17.3 Å². The molecule has 0 unspecified atom stereocenters. The zero-order valence-electron chi connectivity index (χ0n) is 10.7. The fraction of sp³-hybridized carbons (Fsp3) is 0. The molecule has 0 spiro atoms. The fourth-order valence-electron chi connectivity index (χ4n) is 1.66. The average Bonchev–Trinajstić information content (AvgIpc) is 2.49. The summed E-state index contributed by atoms with van der Waals surface area (Å²) < 4.78 is 14.5. The highest BCUT2D eigenvalue weighted by molar-refractivity contribution is 14.1. The van der Waals surface area contributed by atoms with Crippen LogP contribution in [0.25, 0.3) is 0 Å². The molecule has 0 radical (unpaired) electrons. The second-order valence-corrected chi connectivity index (χ2v) is 5.39. The lowest BCUT2D eigenvalue weighted by molar-refractivity contribution is 0.102. The van der Waals surface area contributed by atoms with Crippen LogP contribution >= 0.6 is 22.6 Å². The van der Waals surface area contributed by atoms with Crippen molar-refractivity contribution in [3.05, 3.63) is 63.0 Å². The Morgan fingerprint density at radius 3 is 2.52 bits per heavy atom. The molecule has 0 aliphatic rings. The van der Waals surface area contributed by atoms with Gasteiger partial charge in [0.2, 0.25) is 0 Å². The quantitative estimate of drug-likeness (QED) is 0.244. The van der Waals surface area contributed by atoms with Gasteiger partial charge in [0.25, 0.3) is 5.91 Å². The Morgan fingerprint density at radius 2 is 1.90 bits per heavy atom. The van der Waals surface area contributed by atoms with Gasteiger partial charge in [-0.15, -0.1) is 0 Å². The van der Waals surface area contributed by atoms with Crippen molar-refractivity contribution in [1.29, 1.82) is 0 Å². The van der Waals surface area contributed by atoms with Gasteiger partial charge in [-0.2, -0.15) is 0 Å². The average molecular weight is 399 g/mol. The molecule has 5 nitrogen and oxygen atoms in total. The van der Waals surface area contributed by atoms with Crippen molar-refractivity contribution >= 4 is 40.0 Å². The highest BCUT2D eigenvalue weighted by Crippen LogP contribution is 2.16. The summed E-state index contributed by atoms with van der Waals surface area (Å²) in [7, 11) is 0. The molecule has 2 aromatic carbocycles. The number of carbonyl (C=O) groups is 1. The van der Waals surface area contributed by atoms with Gasteiger partial charge in [-0.05, 0) is 65.1 Å². The van der Waals surface area contributed by atoms with Crippen molar-refractivity contribution in [2.24, 2.45) is 10.9 Å². The lowest BCUT2D eigenvalue weighted by Crippen LogP contribution is -2.17. The first kappa shape index (κ1) is 15.2. The Morgan fingerprint density at radius 1 is 1.24 bits per heavy atom. The van der Waals surface area contributed by atoms with Gasteiger partial charge < -0.3 is 16.3 Å². The number of nitrogens with two attached hydrogens (primary N) is 1. The van der Waals surface area contributed by atoms with Crippen molar-refractivity contribution < 1.29 is 14.4 Å². The lowest BCUT2D eigenvalue weighted by Gasteiger charge is -2.08. The number of amides is 1. The number of halogens is 2. The molecule has 0 atom stereocenters. The predicted molar refractivity (Wildman–Crippen MR) is 86.0 cm³/mol. The van der Waals surface area contributed by atoms with Crippen LogP contribution in [0.3, 0.4) is 0 Å². The molecule has 1 amide bonds. The maximum atomic E-state index is 13.5. The highest BCUT2D eigenvalue weighted by atomic mass is 127. The van der Waals surface area contributed by atoms with Crippen LogP contribution in [0, 0.1) is 9.39 Å². The third-order valence-corrected chi connectivity index (χ3v) is 3.43. The van der Waals surface area contributed by atoms with Crippen molar-refractivity contribution in [3.63, 3.8) is 0 Å². The van der Waals surface area contributed by atoms with E-state index >= 15 is 0 Å². The molecule has 0 aliphatic carbocycles. The van der Waals surface area contributed by atoms with Gasteiger partial charge in [-0.3, -0.25) is 4.79 Å². The van der Waals surface area contributed by atoms with E-state index in [9.17, 15) is 9.18 Å².